The highest BCUT2D eigenvalue weighted by Crippen LogP contribution is 2.52. The van der Waals surface area contributed by atoms with Crippen molar-refractivity contribution in [1.29, 1.82) is 10.5 Å². The van der Waals surface area contributed by atoms with Crippen molar-refractivity contribution in [1.82, 2.24) is 4.57 Å². The van der Waals surface area contributed by atoms with Crippen molar-refractivity contribution in [3.05, 3.63) is 138 Å². The highest BCUT2D eigenvalue weighted by atomic mass is 16.3. The van der Waals surface area contributed by atoms with Crippen molar-refractivity contribution < 1.29 is 4.42 Å². The van der Waals surface area contributed by atoms with Crippen LogP contribution < -0.4 is 0 Å². The van der Waals surface area contributed by atoms with Gasteiger partial charge in [0, 0.05) is 38.1 Å². The third kappa shape index (κ3) is 3.40. The van der Waals surface area contributed by atoms with Crippen LogP contribution in [0.2, 0.25) is 0 Å². The lowest BCUT2D eigenvalue weighted by atomic mass is 9.82. The van der Waals surface area contributed by atoms with Gasteiger partial charge in [-0.2, -0.15) is 10.5 Å². The summed E-state index contributed by atoms with van der Waals surface area (Å²) in [7, 11) is 0. The lowest BCUT2D eigenvalue weighted by Crippen LogP contribution is -2.15. The van der Waals surface area contributed by atoms with Gasteiger partial charge in [0.25, 0.3) is 0 Å². The second kappa shape index (κ2) is 8.96. The van der Waals surface area contributed by atoms with Gasteiger partial charge in [0.2, 0.25) is 0 Å². The summed E-state index contributed by atoms with van der Waals surface area (Å²) in [6.45, 7) is 4.56. The van der Waals surface area contributed by atoms with Crippen LogP contribution in [-0.4, -0.2) is 4.57 Å². The van der Waals surface area contributed by atoms with E-state index in [1.54, 1.807) is 0 Å². The summed E-state index contributed by atoms with van der Waals surface area (Å²) < 4.78 is 8.90. The van der Waals surface area contributed by atoms with Gasteiger partial charge in [0.05, 0.1) is 40.0 Å². The van der Waals surface area contributed by atoms with Gasteiger partial charge in [-0.05, 0) is 82.9 Å². The van der Waals surface area contributed by atoms with Gasteiger partial charge in [-0.1, -0.05) is 68.4 Å². The number of furan rings is 1. The number of rotatable bonds is 2. The van der Waals surface area contributed by atoms with Crippen molar-refractivity contribution in [2.45, 2.75) is 19.3 Å². The molecule has 210 valence electrons. The van der Waals surface area contributed by atoms with E-state index < -0.39 is 0 Å². The van der Waals surface area contributed by atoms with Crippen LogP contribution in [0.3, 0.4) is 0 Å². The summed E-state index contributed by atoms with van der Waals surface area (Å²) in [5, 5.41) is 23.8. The zero-order valence-electron chi connectivity index (χ0n) is 24.7. The second-order valence-electron chi connectivity index (χ2n) is 12.4. The number of fused-ring (bicyclic) bond motifs is 10. The van der Waals surface area contributed by atoms with Crippen molar-refractivity contribution >= 4 is 43.7 Å². The summed E-state index contributed by atoms with van der Waals surface area (Å²) in [5.74, 6) is 0. The van der Waals surface area contributed by atoms with Crippen LogP contribution in [0.1, 0.15) is 36.1 Å². The molecule has 1 aliphatic rings. The number of nitriles is 2. The Bertz CT molecular complexity index is 2650. The van der Waals surface area contributed by atoms with Crippen molar-refractivity contribution in [2.75, 3.05) is 0 Å². The zero-order chi connectivity index (χ0) is 30.4. The van der Waals surface area contributed by atoms with Crippen LogP contribution in [0.5, 0.6) is 0 Å². The molecule has 0 fully saturated rings. The van der Waals surface area contributed by atoms with Gasteiger partial charge in [0.1, 0.15) is 11.2 Å². The van der Waals surface area contributed by atoms with E-state index in [1.165, 1.54) is 22.3 Å². The maximum atomic E-state index is 9.92. The molecule has 0 radical (unpaired) electrons. The van der Waals surface area contributed by atoms with E-state index in [-0.39, 0.29) is 5.41 Å². The highest BCUT2D eigenvalue weighted by Gasteiger charge is 2.38. The average molecular weight is 576 g/mol. The first kappa shape index (κ1) is 25.4. The van der Waals surface area contributed by atoms with Gasteiger partial charge in [-0.15, -0.1) is 0 Å². The van der Waals surface area contributed by atoms with Crippen molar-refractivity contribution in [2.24, 2.45) is 0 Å². The lowest BCUT2D eigenvalue weighted by Gasteiger charge is -2.21. The molecular formula is C41H25N3O. The fraction of sp³-hybridized carbons (Fsp3) is 0.0732. The zero-order valence-corrected chi connectivity index (χ0v) is 24.7. The lowest BCUT2D eigenvalue weighted by molar-refractivity contribution is 0.620. The number of aromatic nitrogens is 1. The fourth-order valence-corrected chi connectivity index (χ4v) is 7.58. The van der Waals surface area contributed by atoms with Gasteiger partial charge in [-0.3, -0.25) is 0 Å². The summed E-state index contributed by atoms with van der Waals surface area (Å²) in [6.07, 6.45) is 0. The fourth-order valence-electron chi connectivity index (χ4n) is 7.58. The van der Waals surface area contributed by atoms with E-state index in [1.807, 2.05) is 48.5 Å². The van der Waals surface area contributed by atoms with Crippen molar-refractivity contribution in [3.8, 4) is 40.1 Å². The molecule has 0 saturated carbocycles. The number of nitrogens with zero attached hydrogens (tertiary/aromatic N) is 3. The standard InChI is InChI=1S/C41H25N3O/c1-41(2)34-9-5-3-7-27(34)29-14-15-30-33-21-26(13-18-38(33)45-40(30)39(29)41)31-19-24(22-42)11-16-36(31)44-35-10-6-4-8-28(35)32-20-25(23-43)12-17-37(32)44/h3-21H,1-2H3. The van der Waals surface area contributed by atoms with Crippen LogP contribution in [0.15, 0.2) is 120 Å². The molecule has 0 unspecified atom stereocenters. The normalized spacial score (nSPS) is 13.2. The number of para-hydroxylation sites is 1. The summed E-state index contributed by atoms with van der Waals surface area (Å²) in [6, 6.07) is 44.0. The molecule has 6 aromatic carbocycles. The Morgan fingerprint density at radius 3 is 2.22 bits per heavy atom. The summed E-state index contributed by atoms with van der Waals surface area (Å²) in [4.78, 5) is 0. The minimum absolute atomic E-state index is 0.182. The third-order valence-electron chi connectivity index (χ3n) is 9.63. The molecule has 0 saturated heterocycles. The molecule has 9 rings (SSSR count). The molecule has 4 nitrogen and oxygen atoms in total. The Balaban J connectivity index is 1.31. The molecule has 0 N–H and O–H groups in total. The first-order valence-electron chi connectivity index (χ1n) is 15.1. The molecular weight excluding hydrogens is 550 g/mol. The average Bonchev–Trinajstić information content (AvgIpc) is 3.69. The largest absolute Gasteiger partial charge is 0.456 e. The topological polar surface area (TPSA) is 65.7 Å². The van der Waals surface area contributed by atoms with Crippen LogP contribution in [0.25, 0.3) is 71.7 Å². The smallest absolute Gasteiger partial charge is 0.140 e. The van der Waals surface area contributed by atoms with Gasteiger partial charge in [-0.25, -0.2) is 0 Å². The quantitative estimate of drug-likeness (QED) is 0.206. The summed E-state index contributed by atoms with van der Waals surface area (Å²) in [5.41, 5.74) is 12.8. The molecule has 2 aromatic heterocycles. The van der Waals surface area contributed by atoms with E-state index in [9.17, 15) is 10.5 Å². The van der Waals surface area contributed by atoms with Gasteiger partial charge >= 0.3 is 0 Å². The number of hydrogen-bond donors (Lipinski definition) is 0. The molecule has 0 spiro atoms. The molecule has 1 aliphatic carbocycles. The number of hydrogen-bond acceptors (Lipinski definition) is 3. The monoisotopic (exact) mass is 575 g/mol. The minimum atomic E-state index is -0.182. The van der Waals surface area contributed by atoms with Gasteiger partial charge < -0.3 is 8.98 Å². The number of benzene rings is 6. The summed E-state index contributed by atoms with van der Waals surface area (Å²) >= 11 is 0. The predicted molar refractivity (Wildman–Crippen MR) is 180 cm³/mol. The maximum Gasteiger partial charge on any atom is 0.140 e. The Labute approximate surface area is 259 Å². The molecule has 0 atom stereocenters. The first-order chi connectivity index (χ1) is 22.0. The molecule has 45 heavy (non-hydrogen) atoms. The van der Waals surface area contributed by atoms with E-state index >= 15 is 0 Å². The highest BCUT2D eigenvalue weighted by molar-refractivity contribution is 6.12. The molecule has 4 heteroatoms. The Hall–Kier alpha value is -6.10. The maximum absolute atomic E-state index is 9.92. The van der Waals surface area contributed by atoms with Crippen LogP contribution in [-0.2, 0) is 5.41 Å². The Morgan fingerprint density at radius 2 is 1.36 bits per heavy atom. The molecule has 8 aromatic rings. The SMILES string of the molecule is CC1(C)c2ccccc2-c2ccc3c(oc4ccc(-c5cc(C#N)ccc5-n5c6ccccc6c6cc(C#N)ccc65)cc43)c21. The van der Waals surface area contributed by atoms with Crippen LogP contribution >= 0.6 is 0 Å². The minimum Gasteiger partial charge on any atom is -0.456 e. The van der Waals surface area contributed by atoms with E-state index in [2.05, 4.69) is 97.3 Å². The first-order valence-corrected chi connectivity index (χ1v) is 15.1. The van der Waals surface area contributed by atoms with Crippen molar-refractivity contribution in [3.63, 3.8) is 0 Å². The molecule has 0 aliphatic heterocycles. The van der Waals surface area contributed by atoms with Crippen LogP contribution in [0, 0.1) is 22.7 Å². The van der Waals surface area contributed by atoms with Crippen LogP contribution in [0.4, 0.5) is 0 Å². The van der Waals surface area contributed by atoms with E-state index in [0.717, 1.165) is 60.6 Å². The Morgan fingerprint density at radius 1 is 0.600 bits per heavy atom. The third-order valence-corrected chi connectivity index (χ3v) is 9.63. The Kier molecular flexibility index (Phi) is 5.06. The predicted octanol–water partition coefficient (Wildman–Crippen LogP) is 10.4. The molecule has 2 heterocycles. The molecule has 0 bridgehead atoms. The van der Waals surface area contributed by atoms with Gasteiger partial charge in [0.15, 0.2) is 0 Å². The molecule has 0 amide bonds. The van der Waals surface area contributed by atoms with E-state index in [4.69, 9.17) is 4.42 Å². The van der Waals surface area contributed by atoms with E-state index in [0.29, 0.717) is 11.1 Å². The second-order valence-corrected chi connectivity index (χ2v) is 12.4.